The molecule has 5 N–H and O–H groups in total. The number of rotatable bonds is 2. The van der Waals surface area contributed by atoms with Crippen LogP contribution >= 0.6 is 11.6 Å². The molecular formula is C39H31ClN8O5. The lowest BCUT2D eigenvalue weighted by Crippen LogP contribution is -2.31. The monoisotopic (exact) mass is 726 g/mol. The highest BCUT2D eigenvalue weighted by molar-refractivity contribution is 6.29. The fourth-order valence-electron chi connectivity index (χ4n) is 6.88. The van der Waals surface area contributed by atoms with E-state index < -0.39 is 11.1 Å². The van der Waals surface area contributed by atoms with Crippen LogP contribution in [0.3, 0.4) is 0 Å². The first-order chi connectivity index (χ1) is 25.9. The molecule has 264 valence electrons. The van der Waals surface area contributed by atoms with E-state index in [9.17, 15) is 0 Å². The van der Waals surface area contributed by atoms with Crippen molar-refractivity contribution in [1.29, 1.82) is 0 Å². The number of pyridine rings is 4. The first-order valence-corrected chi connectivity index (χ1v) is 16.8. The number of nitrogens with two attached hydrogens (primary N) is 2. The summed E-state index contributed by atoms with van der Waals surface area (Å²) in [5.41, 5.74) is 17.8. The Bertz CT molecular complexity index is 2400. The summed E-state index contributed by atoms with van der Waals surface area (Å²) in [6.45, 7) is 0.613. The topological polar surface area (TPSA) is 185 Å². The molecule has 4 aromatic heterocycles. The van der Waals surface area contributed by atoms with Gasteiger partial charge in [0.1, 0.15) is 29.9 Å². The van der Waals surface area contributed by atoms with E-state index in [2.05, 4.69) is 36.0 Å². The normalized spacial score (nSPS) is 19.5. The molecule has 53 heavy (non-hydrogen) atoms. The number of amidine groups is 2. The first kappa shape index (κ1) is 33.6. The number of ether oxygens (including phenoxy) is 4. The van der Waals surface area contributed by atoms with Gasteiger partial charge in [0.05, 0.1) is 12.4 Å². The van der Waals surface area contributed by atoms with Crippen LogP contribution in [0.4, 0.5) is 0 Å². The van der Waals surface area contributed by atoms with Gasteiger partial charge in [0.25, 0.3) is 12.0 Å². The molecule has 2 aromatic carbocycles. The van der Waals surface area contributed by atoms with Crippen LogP contribution < -0.4 is 20.9 Å². The van der Waals surface area contributed by atoms with Crippen LogP contribution in [-0.2, 0) is 20.6 Å². The van der Waals surface area contributed by atoms with E-state index >= 15 is 0 Å². The Hall–Kier alpha value is -6.57. The van der Waals surface area contributed by atoms with E-state index in [1.165, 1.54) is 0 Å². The SMILES string of the molecule is CO.NC1=N[C@@]2(CO1)c1cc(-c3cccnc3)ccc1Oc1cnc(Cl)cc12.NC1=N[C@]2(CO1)c1ccncc1Oc1ccc(-c3cccnc3)cc12. The lowest BCUT2D eigenvalue weighted by atomic mass is 9.81. The van der Waals surface area contributed by atoms with Crippen LogP contribution in [0.25, 0.3) is 22.3 Å². The molecule has 0 bridgehead atoms. The van der Waals surface area contributed by atoms with Crippen molar-refractivity contribution >= 4 is 23.6 Å². The van der Waals surface area contributed by atoms with Crippen molar-refractivity contribution in [1.82, 2.24) is 19.9 Å². The van der Waals surface area contributed by atoms with Gasteiger partial charge in [0.15, 0.2) is 22.6 Å². The largest absolute Gasteiger partial charge is 0.462 e. The average Bonchev–Trinajstić information content (AvgIpc) is 3.80. The predicted molar refractivity (Wildman–Crippen MR) is 198 cm³/mol. The highest BCUT2D eigenvalue weighted by Gasteiger charge is 2.48. The lowest BCUT2D eigenvalue weighted by molar-refractivity contribution is 0.264. The molecule has 4 aliphatic heterocycles. The highest BCUT2D eigenvalue weighted by Crippen LogP contribution is 2.53. The third-order valence-corrected chi connectivity index (χ3v) is 9.46. The number of aliphatic imine (C=N–C) groups is 2. The maximum Gasteiger partial charge on any atom is 0.283 e. The minimum atomic E-state index is -0.808. The van der Waals surface area contributed by atoms with Crippen molar-refractivity contribution in [3.63, 3.8) is 0 Å². The fourth-order valence-corrected chi connectivity index (χ4v) is 7.03. The second-order valence-corrected chi connectivity index (χ2v) is 12.6. The van der Waals surface area contributed by atoms with Crippen LogP contribution in [0.1, 0.15) is 22.3 Å². The van der Waals surface area contributed by atoms with Crippen molar-refractivity contribution in [2.75, 3.05) is 20.3 Å². The Kier molecular flexibility index (Phi) is 8.57. The number of nitrogens with zero attached hydrogens (tertiary/aromatic N) is 6. The standard InChI is InChI=1S/C19H13ClN4O2.C19H14N4O2.CH4O/c20-17-7-14-16(9-23-17)26-15-4-3-11(12-2-1-5-22-8-12)6-13(15)19(14)10-25-18(21)24-19;20-18-23-19(11-24-18)14-5-7-22-10-17(14)25-16-4-3-12(8-15(16)19)13-2-1-6-21-9-13;1-2/h1-9H,10H2,(H2,21,24);1-10H,11H2,(H2,20,23);2H,1H3/t2*19-;/m01./s1. The number of fused-ring (bicyclic) bond motifs is 8. The van der Waals surface area contributed by atoms with Gasteiger partial charge in [-0.3, -0.25) is 15.0 Å². The molecule has 2 spiro atoms. The quantitative estimate of drug-likeness (QED) is 0.179. The maximum atomic E-state index is 7.00. The van der Waals surface area contributed by atoms with Crippen molar-refractivity contribution in [3.05, 3.63) is 144 Å². The molecule has 8 heterocycles. The molecule has 0 unspecified atom stereocenters. The molecule has 10 rings (SSSR count). The average molecular weight is 727 g/mol. The number of aromatic nitrogens is 4. The number of benzene rings is 2. The van der Waals surface area contributed by atoms with Crippen molar-refractivity contribution in [2.24, 2.45) is 21.5 Å². The zero-order chi connectivity index (χ0) is 36.6. The minimum absolute atomic E-state index is 0.142. The van der Waals surface area contributed by atoms with Crippen molar-refractivity contribution < 1.29 is 24.1 Å². The van der Waals surface area contributed by atoms with Crippen LogP contribution in [0.2, 0.25) is 5.15 Å². The zero-order valence-corrected chi connectivity index (χ0v) is 28.9. The van der Waals surface area contributed by atoms with Crippen LogP contribution in [-0.4, -0.2) is 57.4 Å². The molecule has 13 nitrogen and oxygen atoms in total. The van der Waals surface area contributed by atoms with Gasteiger partial charge in [0.2, 0.25) is 0 Å². The number of aliphatic hydroxyl groups excluding tert-OH is 1. The summed E-state index contributed by atoms with van der Waals surface area (Å²) in [6, 6.07) is 23.8. The third-order valence-electron chi connectivity index (χ3n) is 9.25. The fraction of sp³-hybridized carbons (Fsp3) is 0.128. The molecule has 0 fully saturated rings. The summed E-state index contributed by atoms with van der Waals surface area (Å²) in [7, 11) is 1.00. The maximum absolute atomic E-state index is 7.00. The molecule has 14 heteroatoms. The van der Waals surface area contributed by atoms with E-state index in [1.807, 2.05) is 73.1 Å². The smallest absolute Gasteiger partial charge is 0.283 e. The highest BCUT2D eigenvalue weighted by atomic mass is 35.5. The predicted octanol–water partition coefficient (Wildman–Crippen LogP) is 5.94. The minimum Gasteiger partial charge on any atom is -0.462 e. The second kappa shape index (κ2) is 13.5. The van der Waals surface area contributed by atoms with E-state index in [0.29, 0.717) is 29.0 Å². The summed E-state index contributed by atoms with van der Waals surface area (Å²) < 4.78 is 23.2. The van der Waals surface area contributed by atoms with Crippen LogP contribution in [0.15, 0.2) is 126 Å². The van der Waals surface area contributed by atoms with Crippen LogP contribution in [0.5, 0.6) is 23.0 Å². The number of hydrogen-bond donors (Lipinski definition) is 3. The molecule has 0 aliphatic carbocycles. The summed E-state index contributed by atoms with van der Waals surface area (Å²) in [4.78, 5) is 25.9. The molecule has 6 aromatic rings. The summed E-state index contributed by atoms with van der Waals surface area (Å²) >= 11 is 6.13. The van der Waals surface area contributed by atoms with Gasteiger partial charge in [-0.2, -0.15) is 0 Å². The zero-order valence-electron chi connectivity index (χ0n) is 28.2. The van der Waals surface area contributed by atoms with Gasteiger partial charge in [0, 0.05) is 71.5 Å². The molecular weight excluding hydrogens is 696 g/mol. The van der Waals surface area contributed by atoms with Crippen molar-refractivity contribution in [3.8, 4) is 45.3 Å². The molecule has 0 radical (unpaired) electrons. The summed E-state index contributed by atoms with van der Waals surface area (Å²) in [5.74, 6) is 2.69. The number of hydrogen-bond acceptors (Lipinski definition) is 13. The third kappa shape index (κ3) is 5.81. The molecule has 4 aliphatic rings. The van der Waals surface area contributed by atoms with Gasteiger partial charge in [-0.1, -0.05) is 35.9 Å². The molecule has 0 saturated carbocycles. The summed E-state index contributed by atoms with van der Waals surface area (Å²) in [5, 5.41) is 7.36. The van der Waals surface area contributed by atoms with E-state index in [0.717, 1.165) is 57.4 Å². The molecule has 0 amide bonds. The first-order valence-electron chi connectivity index (χ1n) is 16.4. The van der Waals surface area contributed by atoms with Gasteiger partial charge in [-0.15, -0.1) is 0 Å². The van der Waals surface area contributed by atoms with E-state index in [1.54, 1.807) is 37.1 Å². The Morgan fingerprint density at radius 1 is 0.566 bits per heavy atom. The van der Waals surface area contributed by atoms with E-state index in [-0.39, 0.29) is 18.7 Å². The molecule has 2 atom stereocenters. The van der Waals surface area contributed by atoms with Gasteiger partial charge in [-0.05, 0) is 59.7 Å². The number of aliphatic hydroxyl groups is 1. The second-order valence-electron chi connectivity index (χ2n) is 12.2. The number of halogens is 1. The lowest BCUT2D eigenvalue weighted by Gasteiger charge is -2.33. The van der Waals surface area contributed by atoms with Gasteiger partial charge in [-0.25, -0.2) is 15.0 Å². The Labute approximate surface area is 308 Å². The molecule has 0 saturated heterocycles. The Morgan fingerprint density at radius 3 is 1.58 bits per heavy atom. The van der Waals surface area contributed by atoms with Crippen molar-refractivity contribution in [2.45, 2.75) is 11.1 Å². The van der Waals surface area contributed by atoms with Gasteiger partial charge >= 0.3 is 0 Å². The van der Waals surface area contributed by atoms with Gasteiger partial charge < -0.3 is 35.5 Å². The van der Waals surface area contributed by atoms with E-state index in [4.69, 9.17) is 47.1 Å². The Balaban J connectivity index is 0.000000144. The summed E-state index contributed by atoms with van der Waals surface area (Å²) in [6.07, 6.45) is 12.2. The Morgan fingerprint density at radius 2 is 1.08 bits per heavy atom. The van der Waals surface area contributed by atoms with Crippen LogP contribution in [0, 0.1) is 0 Å².